The second-order valence-electron chi connectivity index (χ2n) is 9.43. The van der Waals surface area contributed by atoms with Crippen LogP contribution in [0.5, 0.6) is 5.88 Å². The van der Waals surface area contributed by atoms with Gasteiger partial charge in [-0.15, -0.1) is 0 Å². The van der Waals surface area contributed by atoms with Crippen molar-refractivity contribution in [1.29, 1.82) is 0 Å². The quantitative estimate of drug-likeness (QED) is 0.358. The first-order chi connectivity index (χ1) is 16.9. The van der Waals surface area contributed by atoms with Crippen molar-refractivity contribution in [3.05, 3.63) is 53.0 Å². The van der Waals surface area contributed by atoms with E-state index in [0.29, 0.717) is 29.1 Å². The van der Waals surface area contributed by atoms with Crippen LogP contribution in [-0.2, 0) is 11.8 Å². The van der Waals surface area contributed by atoms with Gasteiger partial charge in [0.2, 0.25) is 5.88 Å². The number of nitrogens with zero attached hydrogens (tertiary/aromatic N) is 5. The molecule has 0 atom stereocenters. The van der Waals surface area contributed by atoms with Crippen LogP contribution in [0.2, 0.25) is 0 Å². The van der Waals surface area contributed by atoms with Gasteiger partial charge in [0.25, 0.3) is 0 Å². The lowest BCUT2D eigenvalue weighted by molar-refractivity contribution is 0.00635. The summed E-state index contributed by atoms with van der Waals surface area (Å²) in [6, 6.07) is 6.80. The fourth-order valence-corrected chi connectivity index (χ4v) is 4.73. The van der Waals surface area contributed by atoms with Crippen LogP contribution in [-0.4, -0.2) is 64.5 Å². The molecule has 1 fully saturated rings. The SMILES string of the molecule is COC1CC(n2c(=O)n(C)c3cnc4cc(F)c(-c5ccc(OCCCN(C)C)nc5)cc4c32)C1. The molecule has 9 heteroatoms. The van der Waals surface area contributed by atoms with Crippen molar-refractivity contribution in [3.63, 3.8) is 0 Å². The van der Waals surface area contributed by atoms with Crippen LogP contribution < -0.4 is 10.4 Å². The Morgan fingerprint density at radius 2 is 1.97 bits per heavy atom. The average molecular weight is 480 g/mol. The molecule has 0 aliphatic heterocycles. The van der Waals surface area contributed by atoms with Crippen molar-refractivity contribution < 1.29 is 13.9 Å². The number of imidazole rings is 1. The fraction of sp³-hybridized carbons (Fsp3) is 0.423. The second kappa shape index (κ2) is 9.39. The van der Waals surface area contributed by atoms with Gasteiger partial charge in [-0.2, -0.15) is 0 Å². The zero-order valence-corrected chi connectivity index (χ0v) is 20.5. The largest absolute Gasteiger partial charge is 0.478 e. The molecule has 0 amide bonds. The van der Waals surface area contributed by atoms with Crippen LogP contribution >= 0.6 is 0 Å². The van der Waals surface area contributed by atoms with E-state index in [2.05, 4.69) is 14.9 Å². The van der Waals surface area contributed by atoms with E-state index in [4.69, 9.17) is 9.47 Å². The highest BCUT2D eigenvalue weighted by Gasteiger charge is 2.34. The summed E-state index contributed by atoms with van der Waals surface area (Å²) < 4.78 is 29.7. The highest BCUT2D eigenvalue weighted by Crippen LogP contribution is 2.38. The number of fused-ring (bicyclic) bond motifs is 3. The third kappa shape index (κ3) is 4.30. The first-order valence-corrected chi connectivity index (χ1v) is 11.8. The number of pyridine rings is 2. The zero-order chi connectivity index (χ0) is 24.7. The minimum absolute atomic E-state index is 0.0425. The monoisotopic (exact) mass is 479 g/mol. The number of rotatable bonds is 8. The van der Waals surface area contributed by atoms with E-state index in [0.717, 1.165) is 42.2 Å². The summed E-state index contributed by atoms with van der Waals surface area (Å²) >= 11 is 0. The first-order valence-electron chi connectivity index (χ1n) is 11.8. The predicted octanol–water partition coefficient (Wildman–Crippen LogP) is 3.77. The Bertz CT molecular complexity index is 1420. The van der Waals surface area contributed by atoms with Gasteiger partial charge in [0.15, 0.2) is 0 Å². The molecule has 35 heavy (non-hydrogen) atoms. The summed E-state index contributed by atoms with van der Waals surface area (Å²) in [5.74, 6) is 0.117. The number of methoxy groups -OCH3 is 1. The maximum atomic E-state index is 15.2. The Morgan fingerprint density at radius 1 is 1.17 bits per heavy atom. The van der Waals surface area contributed by atoms with E-state index >= 15 is 4.39 Å². The van der Waals surface area contributed by atoms with Gasteiger partial charge >= 0.3 is 5.69 Å². The molecule has 4 aromatic rings. The summed E-state index contributed by atoms with van der Waals surface area (Å²) in [7, 11) is 7.47. The van der Waals surface area contributed by atoms with Crippen LogP contribution in [0.3, 0.4) is 0 Å². The molecule has 1 aliphatic rings. The van der Waals surface area contributed by atoms with E-state index in [9.17, 15) is 4.79 Å². The number of hydrogen-bond donors (Lipinski definition) is 0. The van der Waals surface area contributed by atoms with Crippen molar-refractivity contribution in [2.45, 2.75) is 31.4 Å². The number of hydrogen-bond acceptors (Lipinski definition) is 6. The number of ether oxygens (including phenoxy) is 2. The molecule has 1 aromatic carbocycles. The van der Waals surface area contributed by atoms with Crippen LogP contribution in [0.25, 0.3) is 33.1 Å². The minimum Gasteiger partial charge on any atom is -0.478 e. The number of halogens is 1. The number of aryl methyl sites for hydroxylation is 1. The van der Waals surface area contributed by atoms with E-state index in [1.165, 1.54) is 6.07 Å². The molecule has 184 valence electrons. The lowest BCUT2D eigenvalue weighted by atomic mass is 9.89. The third-order valence-electron chi connectivity index (χ3n) is 6.82. The molecule has 3 aromatic heterocycles. The Balaban J connectivity index is 1.53. The van der Waals surface area contributed by atoms with Gasteiger partial charge in [0.05, 0.1) is 35.5 Å². The van der Waals surface area contributed by atoms with E-state index in [1.807, 2.05) is 18.7 Å². The smallest absolute Gasteiger partial charge is 0.329 e. The number of benzene rings is 1. The van der Waals surface area contributed by atoms with Crippen molar-refractivity contribution in [2.75, 3.05) is 34.4 Å². The van der Waals surface area contributed by atoms with Gasteiger partial charge < -0.3 is 14.4 Å². The van der Waals surface area contributed by atoms with Crippen LogP contribution in [0.15, 0.2) is 41.5 Å². The predicted molar refractivity (Wildman–Crippen MR) is 133 cm³/mol. The molecule has 0 spiro atoms. The molecule has 0 saturated heterocycles. The molecule has 0 N–H and O–H groups in total. The van der Waals surface area contributed by atoms with Crippen LogP contribution in [0.4, 0.5) is 4.39 Å². The number of aromatic nitrogens is 4. The van der Waals surface area contributed by atoms with Crippen molar-refractivity contribution in [3.8, 4) is 17.0 Å². The Kier molecular flexibility index (Phi) is 6.29. The Labute approximate surface area is 202 Å². The highest BCUT2D eigenvalue weighted by atomic mass is 19.1. The molecular weight excluding hydrogens is 449 g/mol. The second-order valence-corrected chi connectivity index (χ2v) is 9.43. The lowest BCUT2D eigenvalue weighted by Gasteiger charge is -2.34. The van der Waals surface area contributed by atoms with E-state index < -0.39 is 5.82 Å². The molecule has 1 aliphatic carbocycles. The minimum atomic E-state index is -0.390. The third-order valence-corrected chi connectivity index (χ3v) is 6.82. The molecule has 3 heterocycles. The standard InChI is InChI=1S/C26H30FN5O3/c1-30(2)8-5-9-35-24-7-6-16(14-29-24)19-12-20-22(13-21(19)27)28-15-23-25(20)32(26(33)31(23)3)17-10-18(11-17)34-4/h6-7,12-15,17-18H,5,8-11H2,1-4H3. The Hall–Kier alpha value is -3.30. The summed E-state index contributed by atoms with van der Waals surface area (Å²) in [4.78, 5) is 24.0. The summed E-state index contributed by atoms with van der Waals surface area (Å²) in [6.45, 7) is 1.50. The van der Waals surface area contributed by atoms with E-state index in [1.54, 1.807) is 49.3 Å². The summed E-state index contributed by atoms with van der Waals surface area (Å²) in [6.07, 6.45) is 5.85. The van der Waals surface area contributed by atoms with Gasteiger partial charge in [0, 0.05) is 61.6 Å². The van der Waals surface area contributed by atoms with Crippen LogP contribution in [0, 0.1) is 5.82 Å². The van der Waals surface area contributed by atoms with Crippen molar-refractivity contribution in [1.82, 2.24) is 24.0 Å². The maximum absolute atomic E-state index is 15.2. The molecule has 5 rings (SSSR count). The average Bonchev–Trinajstić information content (AvgIpc) is 3.06. The summed E-state index contributed by atoms with van der Waals surface area (Å²) in [5.41, 5.74) is 2.95. The summed E-state index contributed by atoms with van der Waals surface area (Å²) in [5, 5.41) is 0.737. The molecule has 0 unspecified atom stereocenters. The van der Waals surface area contributed by atoms with Crippen molar-refractivity contribution >= 4 is 21.9 Å². The van der Waals surface area contributed by atoms with Crippen LogP contribution in [0.1, 0.15) is 25.3 Å². The van der Waals surface area contributed by atoms with Gasteiger partial charge in [-0.05, 0) is 45.5 Å². The van der Waals surface area contributed by atoms with Gasteiger partial charge in [-0.1, -0.05) is 0 Å². The molecule has 8 nitrogen and oxygen atoms in total. The lowest BCUT2D eigenvalue weighted by Crippen LogP contribution is -2.37. The normalized spacial score (nSPS) is 17.9. The fourth-order valence-electron chi connectivity index (χ4n) is 4.73. The molecule has 0 bridgehead atoms. The topological polar surface area (TPSA) is 74.4 Å². The molecule has 0 radical (unpaired) electrons. The van der Waals surface area contributed by atoms with E-state index in [-0.39, 0.29) is 17.8 Å². The highest BCUT2D eigenvalue weighted by molar-refractivity contribution is 6.04. The first kappa shape index (κ1) is 23.4. The maximum Gasteiger partial charge on any atom is 0.329 e. The molecule has 1 saturated carbocycles. The van der Waals surface area contributed by atoms with Gasteiger partial charge in [-0.3, -0.25) is 14.1 Å². The zero-order valence-electron chi connectivity index (χ0n) is 20.5. The molecular formula is C26H30FN5O3. The van der Waals surface area contributed by atoms with Gasteiger partial charge in [-0.25, -0.2) is 14.2 Å². The van der Waals surface area contributed by atoms with Gasteiger partial charge in [0.1, 0.15) is 5.82 Å². The van der Waals surface area contributed by atoms with Crippen molar-refractivity contribution in [2.24, 2.45) is 7.05 Å². The Morgan fingerprint density at radius 3 is 2.66 bits per heavy atom.